The molecule has 21 heavy (non-hydrogen) atoms. The second kappa shape index (κ2) is 6.08. The third kappa shape index (κ3) is 3.19. The zero-order valence-corrected chi connectivity index (χ0v) is 11.6. The van der Waals surface area contributed by atoms with E-state index in [1.54, 1.807) is 26.1 Å². The standard InChI is InChI=1S/C14H15N3O4/c1-9(13-4-3-7-21-13)16-14(18)11-8-10(17(19)20)5-6-12(11)15-2/h3-9,15H,1-2H3,(H,16,18). The first-order valence-electron chi connectivity index (χ1n) is 6.33. The van der Waals surface area contributed by atoms with Crippen LogP contribution < -0.4 is 10.6 Å². The van der Waals surface area contributed by atoms with Crippen molar-refractivity contribution in [3.05, 3.63) is 58.0 Å². The number of carbonyl (C=O) groups excluding carboxylic acids is 1. The first kappa shape index (κ1) is 14.6. The first-order valence-corrected chi connectivity index (χ1v) is 6.33. The van der Waals surface area contributed by atoms with Crippen molar-refractivity contribution in [3.63, 3.8) is 0 Å². The fourth-order valence-corrected chi connectivity index (χ4v) is 1.93. The molecule has 0 aliphatic heterocycles. The summed E-state index contributed by atoms with van der Waals surface area (Å²) in [5.41, 5.74) is 0.597. The highest BCUT2D eigenvalue weighted by Crippen LogP contribution is 2.23. The van der Waals surface area contributed by atoms with Crippen LogP contribution in [0.25, 0.3) is 0 Å². The summed E-state index contributed by atoms with van der Waals surface area (Å²) < 4.78 is 5.21. The monoisotopic (exact) mass is 289 g/mol. The van der Waals surface area contributed by atoms with Crippen molar-refractivity contribution in [2.45, 2.75) is 13.0 Å². The van der Waals surface area contributed by atoms with Crippen molar-refractivity contribution in [2.24, 2.45) is 0 Å². The average Bonchev–Trinajstić information content (AvgIpc) is 3.00. The lowest BCUT2D eigenvalue weighted by Crippen LogP contribution is -2.27. The maximum atomic E-state index is 12.3. The third-order valence-corrected chi connectivity index (χ3v) is 3.05. The molecule has 0 spiro atoms. The van der Waals surface area contributed by atoms with Crippen LogP contribution in [0.2, 0.25) is 0 Å². The topological polar surface area (TPSA) is 97.4 Å². The lowest BCUT2D eigenvalue weighted by molar-refractivity contribution is -0.384. The summed E-state index contributed by atoms with van der Waals surface area (Å²) in [5, 5.41) is 16.4. The second-order valence-electron chi connectivity index (χ2n) is 4.45. The Labute approximate surface area is 121 Å². The van der Waals surface area contributed by atoms with Crippen molar-refractivity contribution < 1.29 is 14.1 Å². The number of hydrogen-bond acceptors (Lipinski definition) is 5. The van der Waals surface area contributed by atoms with Crippen molar-refractivity contribution in [2.75, 3.05) is 12.4 Å². The van der Waals surface area contributed by atoms with Crippen molar-refractivity contribution in [1.82, 2.24) is 5.32 Å². The highest BCUT2D eigenvalue weighted by Gasteiger charge is 2.19. The summed E-state index contributed by atoms with van der Waals surface area (Å²) in [6.07, 6.45) is 1.52. The van der Waals surface area contributed by atoms with Gasteiger partial charge in [0, 0.05) is 24.9 Å². The second-order valence-corrected chi connectivity index (χ2v) is 4.45. The van der Waals surface area contributed by atoms with Gasteiger partial charge >= 0.3 is 0 Å². The number of nitro groups is 1. The Morgan fingerprint density at radius 1 is 1.38 bits per heavy atom. The normalized spacial score (nSPS) is 11.7. The van der Waals surface area contributed by atoms with Crippen molar-refractivity contribution in [1.29, 1.82) is 0 Å². The van der Waals surface area contributed by atoms with Gasteiger partial charge in [-0.15, -0.1) is 0 Å². The van der Waals surface area contributed by atoms with E-state index in [1.807, 2.05) is 0 Å². The molecule has 0 aliphatic carbocycles. The molecule has 2 aromatic rings. The number of amides is 1. The Morgan fingerprint density at radius 2 is 2.14 bits per heavy atom. The minimum atomic E-state index is -0.536. The van der Waals surface area contributed by atoms with Crippen LogP contribution in [0, 0.1) is 10.1 Å². The summed E-state index contributed by atoms with van der Waals surface area (Å²) in [4.78, 5) is 22.6. The van der Waals surface area contributed by atoms with E-state index < -0.39 is 10.8 Å². The van der Waals surface area contributed by atoms with Gasteiger partial charge in [0.25, 0.3) is 11.6 Å². The molecule has 0 saturated carbocycles. The van der Waals surface area contributed by atoms with E-state index in [2.05, 4.69) is 10.6 Å². The molecule has 0 aliphatic rings. The molecular formula is C14H15N3O4. The maximum absolute atomic E-state index is 12.3. The van der Waals surface area contributed by atoms with Crippen LogP contribution in [0.4, 0.5) is 11.4 Å². The quantitative estimate of drug-likeness (QED) is 0.651. The molecule has 0 radical (unpaired) electrons. The zero-order chi connectivity index (χ0) is 15.4. The Hall–Kier alpha value is -2.83. The number of furan rings is 1. The van der Waals surface area contributed by atoms with E-state index >= 15 is 0 Å². The molecule has 0 bridgehead atoms. The summed E-state index contributed by atoms with van der Waals surface area (Å²) in [7, 11) is 1.65. The lowest BCUT2D eigenvalue weighted by atomic mass is 10.1. The number of nitrogens with zero attached hydrogens (tertiary/aromatic N) is 1. The average molecular weight is 289 g/mol. The molecule has 1 atom stereocenters. The molecule has 7 heteroatoms. The molecule has 1 aromatic heterocycles. The predicted octanol–water partition coefficient (Wildman–Crippen LogP) is 2.72. The largest absolute Gasteiger partial charge is 0.467 e. The van der Waals surface area contributed by atoms with Crippen molar-refractivity contribution in [3.8, 4) is 0 Å². The molecule has 2 N–H and O–H groups in total. The van der Waals surface area contributed by atoms with Gasteiger partial charge in [-0.3, -0.25) is 14.9 Å². The molecule has 1 heterocycles. The Bertz CT molecular complexity index is 652. The minimum Gasteiger partial charge on any atom is -0.467 e. The SMILES string of the molecule is CNc1ccc([N+](=O)[O-])cc1C(=O)NC(C)c1ccco1. The Balaban J connectivity index is 2.25. The van der Waals surface area contributed by atoms with Crippen LogP contribution in [0.1, 0.15) is 29.1 Å². The van der Waals surface area contributed by atoms with E-state index in [9.17, 15) is 14.9 Å². The number of carbonyl (C=O) groups is 1. The summed E-state index contributed by atoms with van der Waals surface area (Å²) in [6, 6.07) is 7.23. The van der Waals surface area contributed by atoms with Crippen LogP contribution >= 0.6 is 0 Å². The highest BCUT2D eigenvalue weighted by atomic mass is 16.6. The van der Waals surface area contributed by atoms with E-state index in [4.69, 9.17) is 4.42 Å². The van der Waals surface area contributed by atoms with Crippen LogP contribution in [-0.4, -0.2) is 17.9 Å². The fraction of sp³-hybridized carbons (Fsp3) is 0.214. The number of hydrogen-bond donors (Lipinski definition) is 2. The number of nitrogens with one attached hydrogen (secondary N) is 2. The minimum absolute atomic E-state index is 0.134. The molecule has 110 valence electrons. The fourth-order valence-electron chi connectivity index (χ4n) is 1.93. The van der Waals surface area contributed by atoms with Crippen LogP contribution in [-0.2, 0) is 0 Å². The number of nitro benzene ring substituents is 1. The van der Waals surface area contributed by atoms with Gasteiger partial charge in [0.2, 0.25) is 0 Å². The van der Waals surface area contributed by atoms with Crippen LogP contribution in [0.15, 0.2) is 41.0 Å². The molecule has 2 rings (SSSR count). The lowest BCUT2D eigenvalue weighted by Gasteiger charge is -2.13. The summed E-state index contributed by atoms with van der Waals surface area (Å²) >= 11 is 0. The van der Waals surface area contributed by atoms with Crippen LogP contribution in [0.5, 0.6) is 0 Å². The van der Waals surface area contributed by atoms with E-state index in [1.165, 1.54) is 24.5 Å². The van der Waals surface area contributed by atoms with Gasteiger partial charge in [-0.05, 0) is 25.1 Å². The van der Waals surface area contributed by atoms with Gasteiger partial charge in [-0.1, -0.05) is 0 Å². The van der Waals surface area contributed by atoms with Gasteiger partial charge in [-0.2, -0.15) is 0 Å². The summed E-state index contributed by atoms with van der Waals surface area (Å²) in [6.45, 7) is 1.77. The Kier molecular flexibility index (Phi) is 4.22. The molecule has 0 saturated heterocycles. The molecular weight excluding hydrogens is 274 g/mol. The molecule has 1 amide bonds. The van der Waals surface area contributed by atoms with Crippen LogP contribution in [0.3, 0.4) is 0 Å². The molecule has 7 nitrogen and oxygen atoms in total. The van der Waals surface area contributed by atoms with E-state index in [0.29, 0.717) is 11.4 Å². The van der Waals surface area contributed by atoms with E-state index in [0.717, 1.165) is 0 Å². The van der Waals surface area contributed by atoms with Gasteiger partial charge in [0.05, 0.1) is 22.8 Å². The molecule has 0 fully saturated rings. The summed E-state index contributed by atoms with van der Waals surface area (Å²) in [5.74, 6) is 0.201. The zero-order valence-electron chi connectivity index (χ0n) is 11.6. The number of non-ortho nitro benzene ring substituents is 1. The molecule has 1 unspecified atom stereocenters. The smallest absolute Gasteiger partial charge is 0.270 e. The molecule has 1 aromatic carbocycles. The number of benzene rings is 1. The number of rotatable bonds is 5. The third-order valence-electron chi connectivity index (χ3n) is 3.05. The predicted molar refractivity (Wildman–Crippen MR) is 77.2 cm³/mol. The highest BCUT2D eigenvalue weighted by molar-refractivity contribution is 6.00. The maximum Gasteiger partial charge on any atom is 0.270 e. The van der Waals surface area contributed by atoms with Gasteiger partial charge in [0.1, 0.15) is 5.76 Å². The Morgan fingerprint density at radius 3 is 2.71 bits per heavy atom. The van der Waals surface area contributed by atoms with E-state index in [-0.39, 0.29) is 17.3 Å². The number of anilines is 1. The van der Waals surface area contributed by atoms with Gasteiger partial charge in [-0.25, -0.2) is 0 Å². The van der Waals surface area contributed by atoms with Gasteiger partial charge < -0.3 is 15.1 Å². The van der Waals surface area contributed by atoms with Gasteiger partial charge in [0.15, 0.2) is 0 Å². The van der Waals surface area contributed by atoms with Crippen molar-refractivity contribution >= 4 is 17.3 Å². The first-order chi connectivity index (χ1) is 10.0.